The summed E-state index contributed by atoms with van der Waals surface area (Å²) in [7, 11) is 1.43. The van der Waals surface area contributed by atoms with Crippen molar-refractivity contribution < 1.29 is 28.2 Å². The van der Waals surface area contributed by atoms with E-state index in [-0.39, 0.29) is 18.3 Å². The first kappa shape index (κ1) is 21.6. The molecule has 0 radical (unpaired) electrons. The molecule has 3 aromatic rings. The minimum atomic E-state index is -0.613. The highest BCUT2D eigenvalue weighted by molar-refractivity contribution is 5.94. The molecule has 0 atom stereocenters. The normalized spacial score (nSPS) is 10.3. The molecule has 0 aliphatic heterocycles. The predicted octanol–water partition coefficient (Wildman–Crippen LogP) is 3.42. The van der Waals surface area contributed by atoms with Gasteiger partial charge in [0.2, 0.25) is 0 Å². The predicted molar refractivity (Wildman–Crippen MR) is 112 cm³/mol. The van der Waals surface area contributed by atoms with Crippen molar-refractivity contribution in [1.82, 2.24) is 5.32 Å². The third kappa shape index (κ3) is 6.20. The molecule has 0 saturated carbocycles. The van der Waals surface area contributed by atoms with Gasteiger partial charge in [0.1, 0.15) is 17.3 Å². The number of halogens is 1. The van der Waals surface area contributed by atoms with E-state index >= 15 is 0 Å². The number of nitrogens with two attached hydrogens (primary N) is 1. The maximum absolute atomic E-state index is 13.0. The number of primary amides is 1. The average Bonchev–Trinajstić information content (AvgIpc) is 2.78. The van der Waals surface area contributed by atoms with Crippen LogP contribution in [0.4, 0.5) is 4.39 Å². The number of benzene rings is 3. The number of ether oxygens (including phenoxy) is 3. The highest BCUT2D eigenvalue weighted by Gasteiger charge is 2.12. The Morgan fingerprint density at radius 2 is 1.58 bits per heavy atom. The van der Waals surface area contributed by atoms with Gasteiger partial charge in [-0.15, -0.1) is 0 Å². The number of carbonyl (C=O) groups excluding carboxylic acids is 2. The van der Waals surface area contributed by atoms with Crippen LogP contribution in [0.3, 0.4) is 0 Å². The Bertz CT molecular complexity index is 1050. The third-order valence-corrected chi connectivity index (χ3v) is 4.22. The molecule has 0 unspecified atom stereocenters. The van der Waals surface area contributed by atoms with Crippen molar-refractivity contribution in [2.75, 3.05) is 13.7 Å². The molecule has 3 rings (SSSR count). The van der Waals surface area contributed by atoms with Crippen molar-refractivity contribution in [2.24, 2.45) is 5.73 Å². The summed E-state index contributed by atoms with van der Waals surface area (Å²) in [5.41, 5.74) is 6.31. The first-order chi connectivity index (χ1) is 14.9. The molecular formula is C23H21FN2O5. The number of hydrogen-bond acceptors (Lipinski definition) is 5. The first-order valence-electron chi connectivity index (χ1n) is 9.34. The molecule has 160 valence electrons. The number of rotatable bonds is 9. The maximum Gasteiger partial charge on any atom is 0.255 e. The number of methoxy groups -OCH3 is 1. The van der Waals surface area contributed by atoms with Gasteiger partial charge in [-0.25, -0.2) is 4.39 Å². The van der Waals surface area contributed by atoms with Gasteiger partial charge in [0, 0.05) is 12.1 Å². The maximum atomic E-state index is 13.0. The summed E-state index contributed by atoms with van der Waals surface area (Å²) >= 11 is 0. The summed E-state index contributed by atoms with van der Waals surface area (Å²) in [6.45, 7) is 0.0146. The number of nitrogens with one attached hydrogen (secondary N) is 1. The summed E-state index contributed by atoms with van der Waals surface area (Å²) in [5, 5.41) is 2.82. The molecule has 3 N–H and O–H groups in total. The molecule has 0 spiro atoms. The van der Waals surface area contributed by atoms with E-state index in [1.54, 1.807) is 30.3 Å². The van der Waals surface area contributed by atoms with Gasteiger partial charge in [0.05, 0.1) is 7.11 Å². The quantitative estimate of drug-likeness (QED) is 0.548. The Labute approximate surface area is 178 Å². The Morgan fingerprint density at radius 3 is 2.19 bits per heavy atom. The van der Waals surface area contributed by atoms with Crippen LogP contribution in [0.1, 0.15) is 15.9 Å². The van der Waals surface area contributed by atoms with Crippen LogP contribution in [-0.4, -0.2) is 25.5 Å². The van der Waals surface area contributed by atoms with Crippen molar-refractivity contribution in [2.45, 2.75) is 6.54 Å². The number of carbonyl (C=O) groups is 2. The van der Waals surface area contributed by atoms with Gasteiger partial charge in [-0.2, -0.15) is 0 Å². The van der Waals surface area contributed by atoms with Gasteiger partial charge < -0.3 is 25.3 Å². The third-order valence-electron chi connectivity index (χ3n) is 4.22. The lowest BCUT2D eigenvalue weighted by Gasteiger charge is -2.12. The van der Waals surface area contributed by atoms with Crippen LogP contribution < -0.4 is 25.3 Å². The van der Waals surface area contributed by atoms with E-state index in [1.807, 2.05) is 12.1 Å². The van der Waals surface area contributed by atoms with Crippen molar-refractivity contribution in [1.29, 1.82) is 0 Å². The molecule has 8 heteroatoms. The second-order valence-electron chi connectivity index (χ2n) is 6.50. The van der Waals surface area contributed by atoms with Gasteiger partial charge in [-0.05, 0) is 60.2 Å². The zero-order valence-corrected chi connectivity index (χ0v) is 16.8. The summed E-state index contributed by atoms with van der Waals surface area (Å²) in [4.78, 5) is 23.3. The Hall–Kier alpha value is -4.07. The molecule has 31 heavy (non-hydrogen) atoms. The minimum Gasteiger partial charge on any atom is -0.493 e. The van der Waals surface area contributed by atoms with Crippen LogP contribution in [0.5, 0.6) is 23.0 Å². The fourth-order valence-electron chi connectivity index (χ4n) is 2.68. The monoisotopic (exact) mass is 424 g/mol. The highest BCUT2D eigenvalue weighted by Crippen LogP contribution is 2.28. The van der Waals surface area contributed by atoms with E-state index in [0.717, 1.165) is 5.56 Å². The van der Waals surface area contributed by atoms with Crippen LogP contribution in [0.25, 0.3) is 0 Å². The van der Waals surface area contributed by atoms with E-state index in [0.29, 0.717) is 35.1 Å². The van der Waals surface area contributed by atoms with E-state index in [1.165, 1.54) is 31.4 Å². The summed E-state index contributed by atoms with van der Waals surface area (Å²) in [5.74, 6) is 0.511. The molecule has 0 aliphatic carbocycles. The largest absolute Gasteiger partial charge is 0.493 e. The molecule has 2 amide bonds. The molecule has 0 heterocycles. The lowest BCUT2D eigenvalue weighted by Crippen LogP contribution is -2.23. The lowest BCUT2D eigenvalue weighted by atomic mass is 10.1. The van der Waals surface area contributed by atoms with Crippen molar-refractivity contribution >= 4 is 11.8 Å². The first-order valence-corrected chi connectivity index (χ1v) is 9.34. The molecule has 3 aromatic carbocycles. The van der Waals surface area contributed by atoms with Gasteiger partial charge in [-0.3, -0.25) is 9.59 Å². The van der Waals surface area contributed by atoms with Crippen LogP contribution in [0.2, 0.25) is 0 Å². The number of amides is 2. The molecule has 0 aromatic heterocycles. The Balaban J connectivity index is 1.57. The van der Waals surface area contributed by atoms with Gasteiger partial charge in [-0.1, -0.05) is 12.1 Å². The number of hydrogen-bond donors (Lipinski definition) is 2. The summed E-state index contributed by atoms with van der Waals surface area (Å²) < 4.78 is 29.1. The molecule has 0 saturated heterocycles. The van der Waals surface area contributed by atoms with Gasteiger partial charge >= 0.3 is 0 Å². The Morgan fingerprint density at radius 1 is 0.935 bits per heavy atom. The van der Waals surface area contributed by atoms with Gasteiger partial charge in [0.15, 0.2) is 18.1 Å². The van der Waals surface area contributed by atoms with E-state index in [9.17, 15) is 14.0 Å². The van der Waals surface area contributed by atoms with Crippen LogP contribution in [0, 0.1) is 5.82 Å². The molecule has 7 nitrogen and oxygen atoms in total. The average molecular weight is 424 g/mol. The van der Waals surface area contributed by atoms with Crippen molar-refractivity contribution in [3.05, 3.63) is 83.7 Å². The van der Waals surface area contributed by atoms with E-state index in [4.69, 9.17) is 19.9 Å². The fourth-order valence-corrected chi connectivity index (χ4v) is 2.68. The fraction of sp³-hybridized carbons (Fsp3) is 0.130. The Kier molecular flexibility index (Phi) is 7.05. The molecule has 0 aliphatic rings. The van der Waals surface area contributed by atoms with E-state index in [2.05, 4.69) is 5.32 Å². The van der Waals surface area contributed by atoms with Gasteiger partial charge in [0.25, 0.3) is 11.8 Å². The second kappa shape index (κ2) is 10.1. The van der Waals surface area contributed by atoms with Crippen LogP contribution >= 0.6 is 0 Å². The SMILES string of the molecule is COc1cc(C(=O)NCc2ccc(Oc3ccc(F)cc3)cc2)ccc1OCC(N)=O. The standard InChI is InChI=1S/C23H21FN2O5/c1-29-21-12-16(4-11-20(21)30-14-22(25)27)23(28)26-13-15-2-7-18(8-3-15)31-19-9-5-17(24)6-10-19/h2-12H,13-14H2,1H3,(H2,25,27)(H,26,28). The summed E-state index contributed by atoms with van der Waals surface area (Å²) in [6, 6.07) is 17.5. The molecular weight excluding hydrogens is 403 g/mol. The topological polar surface area (TPSA) is 99.9 Å². The highest BCUT2D eigenvalue weighted by atomic mass is 19.1. The zero-order chi connectivity index (χ0) is 22.2. The smallest absolute Gasteiger partial charge is 0.255 e. The minimum absolute atomic E-state index is 0.289. The summed E-state index contributed by atoms with van der Waals surface area (Å²) in [6.07, 6.45) is 0. The van der Waals surface area contributed by atoms with Crippen LogP contribution in [0.15, 0.2) is 66.7 Å². The van der Waals surface area contributed by atoms with E-state index < -0.39 is 5.91 Å². The zero-order valence-electron chi connectivity index (χ0n) is 16.8. The molecule has 0 fully saturated rings. The van der Waals surface area contributed by atoms with Crippen molar-refractivity contribution in [3.63, 3.8) is 0 Å². The van der Waals surface area contributed by atoms with Crippen LogP contribution in [-0.2, 0) is 11.3 Å². The lowest BCUT2D eigenvalue weighted by molar-refractivity contribution is -0.119. The molecule has 0 bridgehead atoms. The van der Waals surface area contributed by atoms with Crippen molar-refractivity contribution in [3.8, 4) is 23.0 Å². The second-order valence-corrected chi connectivity index (χ2v) is 6.50.